The lowest BCUT2D eigenvalue weighted by atomic mass is 9.99. The number of para-hydroxylation sites is 2. The molecule has 0 bridgehead atoms. The number of benzene rings is 2. The molecule has 0 aliphatic heterocycles. The molecule has 156 valence electrons. The van der Waals surface area contributed by atoms with Crippen molar-refractivity contribution in [3.63, 3.8) is 0 Å². The number of phenols is 1. The lowest BCUT2D eigenvalue weighted by Crippen LogP contribution is -2.22. The molecule has 0 radical (unpaired) electrons. The maximum atomic E-state index is 13.4. The summed E-state index contributed by atoms with van der Waals surface area (Å²) in [6.07, 6.45) is 2.16. The highest BCUT2D eigenvalue weighted by Crippen LogP contribution is 2.36. The number of phenolic OH excluding ortho intramolecular Hbond substituents is 1. The van der Waals surface area contributed by atoms with Gasteiger partial charge in [0.25, 0.3) is 0 Å². The summed E-state index contributed by atoms with van der Waals surface area (Å²) in [4.78, 5) is 20.2. The molecule has 6 nitrogen and oxygen atoms in total. The van der Waals surface area contributed by atoms with Crippen LogP contribution in [0.1, 0.15) is 48.1 Å². The first-order valence-corrected chi connectivity index (χ1v) is 10.4. The lowest BCUT2D eigenvalue weighted by molar-refractivity contribution is 0.102. The number of aromatic hydroxyl groups is 1. The summed E-state index contributed by atoms with van der Waals surface area (Å²) >= 11 is 0. The van der Waals surface area contributed by atoms with E-state index in [-0.39, 0.29) is 11.5 Å². The Bertz CT molecular complexity index is 1230. The minimum atomic E-state index is -0.186. The van der Waals surface area contributed by atoms with Gasteiger partial charge in [-0.15, -0.1) is 0 Å². The molecule has 30 heavy (non-hydrogen) atoms. The zero-order chi connectivity index (χ0) is 21.4. The molecule has 0 aliphatic carbocycles. The van der Waals surface area contributed by atoms with Crippen molar-refractivity contribution in [3.05, 3.63) is 59.1 Å². The third-order valence-electron chi connectivity index (χ3n) is 5.90. The number of aryl methyl sites for hydroxylation is 2. The fourth-order valence-corrected chi connectivity index (χ4v) is 4.02. The van der Waals surface area contributed by atoms with Crippen LogP contribution in [0.4, 0.5) is 0 Å². The molecule has 0 atom stereocenters. The highest BCUT2D eigenvalue weighted by atomic mass is 16.3. The molecule has 0 saturated carbocycles. The molecule has 4 rings (SSSR count). The lowest BCUT2D eigenvalue weighted by Gasteiger charge is -2.20. The molecule has 0 fully saturated rings. The monoisotopic (exact) mass is 405 g/mol. The summed E-state index contributed by atoms with van der Waals surface area (Å²) in [6.45, 7) is 8.46. The van der Waals surface area contributed by atoms with Crippen LogP contribution in [0.5, 0.6) is 5.75 Å². The first-order chi connectivity index (χ1) is 14.5. The molecule has 2 aromatic heterocycles. The molecule has 0 unspecified atom stereocenters. The van der Waals surface area contributed by atoms with Crippen LogP contribution in [0.25, 0.3) is 22.0 Å². The molecule has 1 N–H and O–H groups in total. The number of fused-ring (bicyclic) bond motifs is 2. The minimum absolute atomic E-state index is 0.186. The predicted molar refractivity (Wildman–Crippen MR) is 118 cm³/mol. The molecule has 2 aromatic carbocycles. The zero-order valence-corrected chi connectivity index (χ0v) is 17.9. The van der Waals surface area contributed by atoms with Crippen LogP contribution in [-0.4, -0.2) is 38.4 Å². The zero-order valence-electron chi connectivity index (χ0n) is 17.9. The Morgan fingerprint density at radius 2 is 1.93 bits per heavy atom. The number of rotatable bonds is 7. The van der Waals surface area contributed by atoms with Crippen LogP contribution in [-0.2, 0) is 20.0 Å². The predicted octanol–water partition coefficient (Wildman–Crippen LogP) is 4.66. The number of carbonyl (C=O) groups excluding carboxylic acids is 1. The van der Waals surface area contributed by atoms with Gasteiger partial charge >= 0.3 is 0 Å². The second-order valence-corrected chi connectivity index (χ2v) is 7.52. The SMILES string of the molecule is CCc1cc2c(C(=O)c3nc4ccccc4n3C)coc2c(CN(CC)CC)c1O. The third-order valence-corrected chi connectivity index (χ3v) is 5.90. The molecule has 0 amide bonds. The Hall–Kier alpha value is -3.12. The average Bonchev–Trinajstić information content (AvgIpc) is 3.34. The van der Waals surface area contributed by atoms with Gasteiger partial charge in [0.1, 0.15) is 17.6 Å². The Balaban J connectivity index is 1.87. The second kappa shape index (κ2) is 7.95. The van der Waals surface area contributed by atoms with Crippen molar-refractivity contribution in [2.24, 2.45) is 7.05 Å². The van der Waals surface area contributed by atoms with Gasteiger partial charge in [-0.2, -0.15) is 0 Å². The molecule has 0 saturated heterocycles. The number of furan rings is 1. The van der Waals surface area contributed by atoms with Gasteiger partial charge in [-0.25, -0.2) is 4.98 Å². The van der Waals surface area contributed by atoms with E-state index in [2.05, 4.69) is 23.7 Å². The second-order valence-electron chi connectivity index (χ2n) is 7.52. The van der Waals surface area contributed by atoms with E-state index in [9.17, 15) is 9.90 Å². The Morgan fingerprint density at radius 3 is 2.60 bits per heavy atom. The van der Waals surface area contributed by atoms with E-state index >= 15 is 0 Å². The molecule has 2 heterocycles. The van der Waals surface area contributed by atoms with Crippen LogP contribution >= 0.6 is 0 Å². The maximum absolute atomic E-state index is 13.4. The fourth-order valence-electron chi connectivity index (χ4n) is 4.02. The van der Waals surface area contributed by atoms with E-state index in [4.69, 9.17) is 4.42 Å². The van der Waals surface area contributed by atoms with Crippen LogP contribution in [0, 0.1) is 0 Å². The summed E-state index contributed by atoms with van der Waals surface area (Å²) < 4.78 is 7.68. The quantitative estimate of drug-likeness (QED) is 0.453. The number of carbonyl (C=O) groups is 1. The average molecular weight is 405 g/mol. The normalized spacial score (nSPS) is 11.8. The van der Waals surface area contributed by atoms with Crippen LogP contribution < -0.4 is 0 Å². The number of nitrogens with zero attached hydrogens (tertiary/aromatic N) is 3. The van der Waals surface area contributed by atoms with Gasteiger partial charge in [-0.05, 0) is 43.3 Å². The Kier molecular flexibility index (Phi) is 5.35. The van der Waals surface area contributed by atoms with Crippen LogP contribution in [0.15, 0.2) is 41.0 Å². The third kappa shape index (κ3) is 3.17. The number of ketones is 1. The largest absolute Gasteiger partial charge is 0.507 e. The minimum Gasteiger partial charge on any atom is -0.507 e. The van der Waals surface area contributed by atoms with Crippen molar-refractivity contribution in [2.75, 3.05) is 13.1 Å². The number of hydrogen-bond donors (Lipinski definition) is 1. The van der Waals surface area contributed by atoms with E-state index in [1.54, 1.807) is 0 Å². The number of hydrogen-bond acceptors (Lipinski definition) is 5. The molecule has 0 spiro atoms. The van der Waals surface area contributed by atoms with Crippen molar-refractivity contribution < 1.29 is 14.3 Å². The number of aromatic nitrogens is 2. The van der Waals surface area contributed by atoms with Gasteiger partial charge in [0.05, 0.1) is 22.2 Å². The number of imidazole rings is 1. The first kappa shape index (κ1) is 20.2. The van der Waals surface area contributed by atoms with Crippen molar-refractivity contribution in [3.8, 4) is 5.75 Å². The Morgan fingerprint density at radius 1 is 1.20 bits per heavy atom. The summed E-state index contributed by atoms with van der Waals surface area (Å²) in [5.74, 6) is 0.442. The van der Waals surface area contributed by atoms with E-state index in [1.165, 1.54) is 6.26 Å². The highest BCUT2D eigenvalue weighted by molar-refractivity contribution is 6.15. The van der Waals surface area contributed by atoms with Gasteiger partial charge in [-0.3, -0.25) is 9.69 Å². The molecular weight excluding hydrogens is 378 g/mol. The van der Waals surface area contributed by atoms with Crippen molar-refractivity contribution in [1.29, 1.82) is 0 Å². The smallest absolute Gasteiger partial charge is 0.232 e. The summed E-state index contributed by atoms with van der Waals surface area (Å²) in [5.41, 5.74) is 4.27. The first-order valence-electron chi connectivity index (χ1n) is 10.4. The van der Waals surface area contributed by atoms with E-state index < -0.39 is 0 Å². The topological polar surface area (TPSA) is 71.5 Å². The standard InChI is InChI=1S/C24H27N3O3/c1-5-15-12-16-18(14-30-23(16)17(21(15)28)13-27(6-2)7-3)22(29)24-25-19-10-8-9-11-20(19)26(24)4/h8-12,14,28H,5-7,13H2,1-4H3. The summed E-state index contributed by atoms with van der Waals surface area (Å²) in [6, 6.07) is 9.56. The molecule has 0 aliphatic rings. The van der Waals surface area contributed by atoms with Gasteiger partial charge in [0, 0.05) is 19.0 Å². The molecule has 4 aromatic rings. The Labute approximate surface area is 175 Å². The summed E-state index contributed by atoms with van der Waals surface area (Å²) in [7, 11) is 1.85. The van der Waals surface area contributed by atoms with E-state index in [1.807, 2.05) is 48.9 Å². The molecule has 6 heteroatoms. The van der Waals surface area contributed by atoms with Crippen molar-refractivity contribution in [2.45, 2.75) is 33.7 Å². The maximum Gasteiger partial charge on any atom is 0.232 e. The van der Waals surface area contributed by atoms with Crippen molar-refractivity contribution in [1.82, 2.24) is 14.5 Å². The van der Waals surface area contributed by atoms with Gasteiger partial charge in [-0.1, -0.05) is 32.9 Å². The van der Waals surface area contributed by atoms with Gasteiger partial charge in [0.15, 0.2) is 5.82 Å². The van der Waals surface area contributed by atoms with E-state index in [0.717, 1.165) is 40.6 Å². The van der Waals surface area contributed by atoms with Gasteiger partial charge < -0.3 is 14.1 Å². The van der Waals surface area contributed by atoms with E-state index in [0.29, 0.717) is 29.9 Å². The van der Waals surface area contributed by atoms with Crippen LogP contribution in [0.2, 0.25) is 0 Å². The van der Waals surface area contributed by atoms with Gasteiger partial charge in [0.2, 0.25) is 5.78 Å². The highest BCUT2D eigenvalue weighted by Gasteiger charge is 2.25. The molecular formula is C24H27N3O3. The fraction of sp³-hybridized carbons (Fsp3) is 0.333. The van der Waals surface area contributed by atoms with Crippen LogP contribution in [0.3, 0.4) is 0 Å². The summed E-state index contributed by atoms with van der Waals surface area (Å²) in [5, 5.41) is 11.6. The van der Waals surface area contributed by atoms with Crippen molar-refractivity contribution >= 4 is 27.8 Å².